The summed E-state index contributed by atoms with van der Waals surface area (Å²) in [5.41, 5.74) is 1.57. The fourth-order valence-electron chi connectivity index (χ4n) is 2.48. The average molecular weight is 324 g/mol. The molecule has 0 spiro atoms. The first-order valence-electron chi connectivity index (χ1n) is 7.63. The zero-order chi connectivity index (χ0) is 16.3. The molecule has 1 aliphatic carbocycles. The van der Waals surface area contributed by atoms with Gasteiger partial charge in [-0.05, 0) is 37.3 Å². The molecule has 1 aliphatic rings. The highest BCUT2D eigenvalue weighted by Gasteiger charge is 2.38. The number of rotatable bonds is 7. The lowest BCUT2D eigenvalue weighted by molar-refractivity contribution is -0.122. The molecule has 22 heavy (non-hydrogen) atoms. The van der Waals surface area contributed by atoms with Gasteiger partial charge in [0.1, 0.15) is 0 Å². The van der Waals surface area contributed by atoms with Crippen molar-refractivity contribution in [1.29, 1.82) is 0 Å². The molecule has 1 aromatic carbocycles. The third-order valence-electron chi connectivity index (χ3n) is 3.78. The Labute approximate surface area is 132 Å². The Morgan fingerprint density at radius 3 is 2.41 bits per heavy atom. The first kappa shape index (κ1) is 17.0. The number of benzene rings is 1. The first-order valence-corrected chi connectivity index (χ1v) is 9.28. The monoisotopic (exact) mass is 324 g/mol. The Balaban J connectivity index is 2.02. The van der Waals surface area contributed by atoms with E-state index in [1.807, 2.05) is 18.2 Å². The van der Waals surface area contributed by atoms with Crippen molar-refractivity contribution in [3.8, 4) is 0 Å². The molecular formula is C16H24N2O3S. The maximum atomic E-state index is 12.1. The molecule has 6 heteroatoms. The van der Waals surface area contributed by atoms with Crippen molar-refractivity contribution in [2.45, 2.75) is 45.5 Å². The molecule has 2 unspecified atom stereocenters. The molecule has 2 N–H and O–H groups in total. The lowest BCUT2D eigenvalue weighted by Gasteiger charge is -2.13. The summed E-state index contributed by atoms with van der Waals surface area (Å²) in [5.74, 6) is 0.576. The quantitative estimate of drug-likeness (QED) is 0.803. The normalized spacial score (nSPS) is 20.9. The highest BCUT2D eigenvalue weighted by molar-refractivity contribution is 7.88. The summed E-state index contributed by atoms with van der Waals surface area (Å²) < 4.78 is 26.7. The van der Waals surface area contributed by atoms with Gasteiger partial charge in [-0.1, -0.05) is 31.2 Å². The predicted octanol–water partition coefficient (Wildman–Crippen LogP) is 1.79. The van der Waals surface area contributed by atoms with E-state index in [2.05, 4.69) is 17.0 Å². The minimum atomic E-state index is -3.37. The third kappa shape index (κ3) is 4.81. The molecule has 0 aliphatic heterocycles. The lowest BCUT2D eigenvalue weighted by atomic mass is 10.1. The van der Waals surface area contributed by atoms with Gasteiger partial charge in [-0.15, -0.1) is 0 Å². The number of amides is 1. The van der Waals surface area contributed by atoms with Crippen LogP contribution in [0.25, 0.3) is 0 Å². The van der Waals surface area contributed by atoms with E-state index in [-0.39, 0.29) is 23.6 Å². The fraction of sp³-hybridized carbons (Fsp3) is 0.562. The highest BCUT2D eigenvalue weighted by Crippen LogP contribution is 2.37. The van der Waals surface area contributed by atoms with Gasteiger partial charge < -0.3 is 5.32 Å². The van der Waals surface area contributed by atoms with Crippen molar-refractivity contribution >= 4 is 15.9 Å². The minimum Gasteiger partial charge on any atom is -0.352 e. The third-order valence-corrected chi connectivity index (χ3v) is 5.30. The Kier molecular flexibility index (Phi) is 5.24. The van der Waals surface area contributed by atoms with Crippen LogP contribution in [0.2, 0.25) is 0 Å². The van der Waals surface area contributed by atoms with E-state index in [1.54, 1.807) is 19.9 Å². The van der Waals surface area contributed by atoms with E-state index >= 15 is 0 Å². The molecule has 0 radical (unpaired) electrons. The summed E-state index contributed by atoms with van der Waals surface area (Å²) >= 11 is 0. The number of sulfonamides is 1. The molecule has 2 rings (SSSR count). The van der Waals surface area contributed by atoms with Gasteiger partial charge in [-0.2, -0.15) is 0 Å². The molecular weight excluding hydrogens is 300 g/mol. The van der Waals surface area contributed by atoms with Gasteiger partial charge in [-0.3, -0.25) is 4.79 Å². The summed E-state index contributed by atoms with van der Waals surface area (Å²) in [7, 11) is -3.37. The topological polar surface area (TPSA) is 75.3 Å². The maximum Gasteiger partial charge on any atom is 0.223 e. The van der Waals surface area contributed by atoms with Crippen molar-refractivity contribution in [2.75, 3.05) is 0 Å². The van der Waals surface area contributed by atoms with E-state index in [9.17, 15) is 13.2 Å². The van der Waals surface area contributed by atoms with Gasteiger partial charge in [-0.25, -0.2) is 13.1 Å². The fourth-order valence-corrected chi connectivity index (χ4v) is 3.97. The van der Waals surface area contributed by atoms with Crippen LogP contribution in [0, 0.1) is 11.8 Å². The van der Waals surface area contributed by atoms with E-state index in [0.717, 1.165) is 17.5 Å². The van der Waals surface area contributed by atoms with Gasteiger partial charge in [0.2, 0.25) is 15.9 Å². The van der Waals surface area contributed by atoms with Crippen LogP contribution in [0.15, 0.2) is 24.3 Å². The van der Waals surface area contributed by atoms with Crippen molar-refractivity contribution in [1.82, 2.24) is 10.0 Å². The smallest absolute Gasteiger partial charge is 0.223 e. The molecule has 0 aromatic heterocycles. The molecule has 5 nitrogen and oxygen atoms in total. The molecule has 1 fully saturated rings. The maximum absolute atomic E-state index is 12.1. The van der Waals surface area contributed by atoms with Crippen LogP contribution in [0.3, 0.4) is 0 Å². The molecule has 1 amide bonds. The molecule has 122 valence electrons. The Hall–Kier alpha value is -1.40. The Bertz CT molecular complexity index is 641. The minimum absolute atomic E-state index is 0.0606. The summed E-state index contributed by atoms with van der Waals surface area (Å²) in [6.07, 6.45) is 0.945. The molecule has 0 saturated heterocycles. The number of hydrogen-bond acceptors (Lipinski definition) is 3. The zero-order valence-electron chi connectivity index (χ0n) is 13.3. The van der Waals surface area contributed by atoms with Crippen molar-refractivity contribution < 1.29 is 13.2 Å². The summed E-state index contributed by atoms with van der Waals surface area (Å²) in [5, 5.41) is 2.90. The van der Waals surface area contributed by atoms with Crippen LogP contribution >= 0.6 is 0 Å². The predicted molar refractivity (Wildman–Crippen MR) is 86.5 cm³/mol. The standard InChI is InChI=1S/C16H24N2O3S/c1-11(2)18-22(20,21)10-14-7-5-4-6-13(14)9-17-16(19)15-8-12(15)3/h4-7,11-12,15,18H,8-10H2,1-3H3,(H,17,19). The first-order chi connectivity index (χ1) is 10.3. The van der Waals surface area contributed by atoms with Crippen LogP contribution in [0.4, 0.5) is 0 Å². The van der Waals surface area contributed by atoms with Crippen molar-refractivity contribution in [3.05, 3.63) is 35.4 Å². The molecule has 1 aromatic rings. The molecule has 2 atom stereocenters. The molecule has 0 bridgehead atoms. The lowest BCUT2D eigenvalue weighted by Crippen LogP contribution is -2.32. The van der Waals surface area contributed by atoms with Crippen LogP contribution in [0.5, 0.6) is 0 Å². The second-order valence-corrected chi connectivity index (χ2v) is 8.09. The van der Waals surface area contributed by atoms with Crippen LogP contribution < -0.4 is 10.0 Å². The van der Waals surface area contributed by atoms with Gasteiger partial charge in [0.15, 0.2) is 0 Å². The van der Waals surface area contributed by atoms with Crippen LogP contribution in [0.1, 0.15) is 38.3 Å². The van der Waals surface area contributed by atoms with Gasteiger partial charge >= 0.3 is 0 Å². The van der Waals surface area contributed by atoms with Crippen molar-refractivity contribution in [2.24, 2.45) is 11.8 Å². The largest absolute Gasteiger partial charge is 0.352 e. The van der Waals surface area contributed by atoms with Crippen LogP contribution in [-0.4, -0.2) is 20.4 Å². The van der Waals surface area contributed by atoms with Gasteiger partial charge in [0.05, 0.1) is 5.75 Å². The summed E-state index contributed by atoms with van der Waals surface area (Å²) in [4.78, 5) is 11.9. The zero-order valence-corrected chi connectivity index (χ0v) is 14.1. The van der Waals surface area contributed by atoms with Crippen molar-refractivity contribution in [3.63, 3.8) is 0 Å². The van der Waals surface area contributed by atoms with Gasteiger partial charge in [0.25, 0.3) is 0 Å². The van der Waals surface area contributed by atoms with E-state index in [0.29, 0.717) is 12.5 Å². The average Bonchev–Trinajstić information content (AvgIpc) is 3.12. The van der Waals surface area contributed by atoms with E-state index in [1.165, 1.54) is 0 Å². The Morgan fingerprint density at radius 1 is 1.27 bits per heavy atom. The van der Waals surface area contributed by atoms with E-state index in [4.69, 9.17) is 0 Å². The Morgan fingerprint density at radius 2 is 1.86 bits per heavy atom. The number of carbonyl (C=O) groups excluding carboxylic acids is 1. The second kappa shape index (κ2) is 6.79. The number of nitrogens with one attached hydrogen (secondary N) is 2. The van der Waals surface area contributed by atoms with Crippen LogP contribution in [-0.2, 0) is 27.1 Å². The summed E-state index contributed by atoms with van der Waals surface area (Å²) in [6.45, 7) is 6.01. The second-order valence-electron chi connectivity index (χ2n) is 6.34. The number of carbonyl (C=O) groups is 1. The summed E-state index contributed by atoms with van der Waals surface area (Å²) in [6, 6.07) is 7.19. The number of hydrogen-bond donors (Lipinski definition) is 2. The molecule has 1 saturated carbocycles. The highest BCUT2D eigenvalue weighted by atomic mass is 32.2. The van der Waals surface area contributed by atoms with E-state index < -0.39 is 10.0 Å². The molecule has 0 heterocycles. The SMILES string of the molecule is CC(C)NS(=O)(=O)Cc1ccccc1CNC(=O)C1CC1C. The van der Waals surface area contributed by atoms with Gasteiger partial charge in [0, 0.05) is 18.5 Å².